The minimum absolute atomic E-state index is 0.112. The van der Waals surface area contributed by atoms with Crippen molar-refractivity contribution < 1.29 is 24.3 Å². The number of rotatable bonds is 5. The summed E-state index contributed by atoms with van der Waals surface area (Å²) in [6, 6.07) is 12.8. The Balaban J connectivity index is 1.47. The number of carboxylic acid groups (broad SMARTS) is 1. The number of nitrogens with zero attached hydrogens (tertiary/aromatic N) is 1. The van der Waals surface area contributed by atoms with E-state index in [1.54, 1.807) is 36.4 Å². The van der Waals surface area contributed by atoms with E-state index in [0.29, 0.717) is 23.2 Å². The van der Waals surface area contributed by atoms with Gasteiger partial charge < -0.3 is 10.4 Å². The van der Waals surface area contributed by atoms with Crippen molar-refractivity contribution in [3.8, 4) is 0 Å². The predicted molar refractivity (Wildman–Crippen MR) is 109 cm³/mol. The maximum Gasteiger partial charge on any atom is 0.335 e. The van der Waals surface area contributed by atoms with E-state index in [0.717, 1.165) is 19.3 Å². The van der Waals surface area contributed by atoms with Crippen LogP contribution in [0.4, 0.5) is 5.69 Å². The molecular formula is C23H22N2O5. The van der Waals surface area contributed by atoms with Crippen LogP contribution in [0.2, 0.25) is 0 Å². The molecule has 1 aliphatic carbocycles. The van der Waals surface area contributed by atoms with Gasteiger partial charge >= 0.3 is 5.97 Å². The molecule has 0 spiro atoms. The Kier molecular flexibility index (Phi) is 5.35. The van der Waals surface area contributed by atoms with Gasteiger partial charge in [-0.1, -0.05) is 25.0 Å². The topological polar surface area (TPSA) is 104 Å². The van der Waals surface area contributed by atoms with Crippen molar-refractivity contribution in [1.82, 2.24) is 4.90 Å². The molecule has 2 N–H and O–H groups in total. The van der Waals surface area contributed by atoms with Crippen LogP contribution < -0.4 is 5.32 Å². The summed E-state index contributed by atoms with van der Waals surface area (Å²) < 4.78 is 0. The van der Waals surface area contributed by atoms with E-state index in [1.165, 1.54) is 17.0 Å². The van der Waals surface area contributed by atoms with E-state index in [-0.39, 0.29) is 41.7 Å². The summed E-state index contributed by atoms with van der Waals surface area (Å²) in [6.45, 7) is 0.225. The van der Waals surface area contributed by atoms with Crippen LogP contribution >= 0.6 is 0 Å². The Morgan fingerprint density at radius 3 is 2.13 bits per heavy atom. The molecule has 0 radical (unpaired) electrons. The van der Waals surface area contributed by atoms with Gasteiger partial charge in [-0.15, -0.1) is 0 Å². The van der Waals surface area contributed by atoms with E-state index in [2.05, 4.69) is 5.32 Å². The van der Waals surface area contributed by atoms with E-state index in [9.17, 15) is 19.2 Å². The highest BCUT2D eigenvalue weighted by molar-refractivity contribution is 6.21. The maximum atomic E-state index is 12.9. The molecule has 2 aromatic rings. The normalized spacial score (nSPS) is 20.7. The minimum atomic E-state index is -1.03. The molecule has 1 aliphatic heterocycles. The predicted octanol–water partition coefficient (Wildman–Crippen LogP) is 3.43. The Labute approximate surface area is 173 Å². The molecule has 154 valence electrons. The number of hydrogen-bond acceptors (Lipinski definition) is 4. The summed E-state index contributed by atoms with van der Waals surface area (Å²) >= 11 is 0. The van der Waals surface area contributed by atoms with Crippen LogP contribution in [0.5, 0.6) is 0 Å². The maximum absolute atomic E-state index is 12.9. The third kappa shape index (κ3) is 3.70. The Hall–Kier alpha value is -3.48. The third-order valence-electron chi connectivity index (χ3n) is 5.94. The summed E-state index contributed by atoms with van der Waals surface area (Å²) in [5, 5.41) is 11.8. The summed E-state index contributed by atoms with van der Waals surface area (Å²) in [6.07, 6.45) is 3.32. The van der Waals surface area contributed by atoms with Gasteiger partial charge in [-0.05, 0) is 55.2 Å². The van der Waals surface area contributed by atoms with Crippen LogP contribution in [-0.2, 0) is 4.79 Å². The fraction of sp³-hybridized carbons (Fsp3) is 0.304. The largest absolute Gasteiger partial charge is 0.478 e. The summed E-state index contributed by atoms with van der Waals surface area (Å²) in [5.41, 5.74) is 1.50. The molecule has 2 aromatic carbocycles. The van der Waals surface area contributed by atoms with Gasteiger partial charge in [0.05, 0.1) is 16.7 Å². The number of nitrogens with one attached hydrogen (secondary N) is 1. The van der Waals surface area contributed by atoms with E-state index in [1.807, 2.05) is 0 Å². The lowest BCUT2D eigenvalue weighted by Crippen LogP contribution is -2.41. The van der Waals surface area contributed by atoms with Gasteiger partial charge in [0, 0.05) is 18.2 Å². The SMILES string of the molecule is O=C(O)c1ccc(NC(=O)C2CCCCC2CN2C(=O)c3ccccc3C2=O)cc1. The van der Waals surface area contributed by atoms with Gasteiger partial charge in [0.15, 0.2) is 0 Å². The first-order valence-corrected chi connectivity index (χ1v) is 10.0. The molecule has 0 aromatic heterocycles. The van der Waals surface area contributed by atoms with Gasteiger partial charge in [0.2, 0.25) is 5.91 Å². The number of anilines is 1. The van der Waals surface area contributed by atoms with Crippen LogP contribution in [0.1, 0.15) is 56.8 Å². The Morgan fingerprint density at radius 1 is 0.933 bits per heavy atom. The number of fused-ring (bicyclic) bond motifs is 1. The summed E-state index contributed by atoms with van der Waals surface area (Å²) in [4.78, 5) is 50.6. The zero-order valence-corrected chi connectivity index (χ0v) is 16.3. The molecule has 30 heavy (non-hydrogen) atoms. The quantitative estimate of drug-likeness (QED) is 0.741. The molecule has 1 fully saturated rings. The second kappa shape index (κ2) is 8.10. The summed E-state index contributed by atoms with van der Waals surface area (Å²) in [5.74, 6) is -2.23. The second-order valence-electron chi connectivity index (χ2n) is 7.79. The van der Waals surface area contributed by atoms with Gasteiger partial charge in [0.25, 0.3) is 11.8 Å². The smallest absolute Gasteiger partial charge is 0.335 e. The van der Waals surface area contributed by atoms with E-state index >= 15 is 0 Å². The van der Waals surface area contributed by atoms with Crippen LogP contribution in [-0.4, -0.2) is 40.2 Å². The lowest BCUT2D eigenvalue weighted by Gasteiger charge is -2.32. The van der Waals surface area contributed by atoms with Crippen molar-refractivity contribution in [2.24, 2.45) is 11.8 Å². The van der Waals surface area contributed by atoms with Gasteiger partial charge in [-0.2, -0.15) is 0 Å². The van der Waals surface area contributed by atoms with Crippen LogP contribution in [0.3, 0.4) is 0 Å². The number of carbonyl (C=O) groups is 4. The number of aromatic carboxylic acids is 1. The van der Waals surface area contributed by atoms with Crippen molar-refractivity contribution in [3.05, 3.63) is 65.2 Å². The Bertz CT molecular complexity index is 980. The molecule has 2 unspecified atom stereocenters. The molecule has 2 atom stereocenters. The number of benzene rings is 2. The first kappa shape index (κ1) is 19.8. The van der Waals surface area contributed by atoms with E-state index < -0.39 is 5.97 Å². The molecule has 7 heteroatoms. The minimum Gasteiger partial charge on any atom is -0.478 e. The number of imide groups is 1. The number of carboxylic acids is 1. The van der Waals surface area contributed by atoms with E-state index in [4.69, 9.17) is 5.11 Å². The Morgan fingerprint density at radius 2 is 1.53 bits per heavy atom. The van der Waals surface area contributed by atoms with Gasteiger partial charge in [0.1, 0.15) is 0 Å². The molecule has 0 bridgehead atoms. The monoisotopic (exact) mass is 406 g/mol. The highest BCUT2D eigenvalue weighted by atomic mass is 16.4. The van der Waals surface area contributed by atoms with Crippen molar-refractivity contribution >= 4 is 29.4 Å². The van der Waals surface area contributed by atoms with Gasteiger partial charge in [-0.3, -0.25) is 19.3 Å². The molecule has 1 heterocycles. The highest BCUT2D eigenvalue weighted by Gasteiger charge is 2.40. The first-order valence-electron chi connectivity index (χ1n) is 10.0. The zero-order valence-electron chi connectivity index (χ0n) is 16.3. The van der Waals surface area contributed by atoms with Crippen molar-refractivity contribution in [1.29, 1.82) is 0 Å². The molecule has 0 saturated heterocycles. The first-order chi connectivity index (χ1) is 14.5. The molecule has 7 nitrogen and oxygen atoms in total. The lowest BCUT2D eigenvalue weighted by molar-refractivity contribution is -0.122. The molecule has 2 aliphatic rings. The zero-order chi connectivity index (χ0) is 21.3. The number of amides is 3. The van der Waals surface area contributed by atoms with Crippen LogP contribution in [0.25, 0.3) is 0 Å². The number of hydrogen-bond donors (Lipinski definition) is 2. The molecule has 3 amide bonds. The average molecular weight is 406 g/mol. The summed E-state index contributed by atoms with van der Waals surface area (Å²) in [7, 11) is 0. The fourth-order valence-corrected chi connectivity index (χ4v) is 4.34. The average Bonchev–Trinajstić information content (AvgIpc) is 2.99. The van der Waals surface area contributed by atoms with Crippen molar-refractivity contribution in [3.63, 3.8) is 0 Å². The molecule has 1 saturated carbocycles. The lowest BCUT2D eigenvalue weighted by atomic mass is 9.78. The second-order valence-corrected chi connectivity index (χ2v) is 7.79. The number of carbonyl (C=O) groups excluding carboxylic acids is 3. The van der Waals surface area contributed by atoms with Crippen molar-refractivity contribution in [2.75, 3.05) is 11.9 Å². The third-order valence-corrected chi connectivity index (χ3v) is 5.94. The van der Waals surface area contributed by atoms with Crippen molar-refractivity contribution in [2.45, 2.75) is 25.7 Å². The van der Waals surface area contributed by atoms with Crippen LogP contribution in [0, 0.1) is 11.8 Å². The highest BCUT2D eigenvalue weighted by Crippen LogP contribution is 2.34. The van der Waals surface area contributed by atoms with Crippen LogP contribution in [0.15, 0.2) is 48.5 Å². The fourth-order valence-electron chi connectivity index (χ4n) is 4.34. The standard InChI is InChI=1S/C23H22N2O5/c26-20(24-16-11-9-14(10-12-16)23(29)30)17-6-2-1-5-15(17)13-25-21(27)18-7-3-4-8-19(18)22(25)28/h3-4,7-12,15,17H,1-2,5-6,13H2,(H,24,26)(H,29,30). The molecular weight excluding hydrogens is 384 g/mol. The van der Waals surface area contributed by atoms with Gasteiger partial charge in [-0.25, -0.2) is 4.79 Å². The molecule has 4 rings (SSSR count).